The lowest BCUT2D eigenvalue weighted by Gasteiger charge is -2.19. The summed E-state index contributed by atoms with van der Waals surface area (Å²) in [6.07, 6.45) is 1.93. The predicted molar refractivity (Wildman–Crippen MR) is 57.5 cm³/mol. The maximum atomic E-state index is 8.92. The molecule has 0 aromatic carbocycles. The minimum atomic E-state index is -0.0378. The smallest absolute Gasteiger partial charge is 0.0581 e. The molecule has 0 radical (unpaired) electrons. The molecule has 0 amide bonds. The van der Waals surface area contributed by atoms with Crippen LogP contribution in [0.1, 0.15) is 26.7 Å². The van der Waals surface area contributed by atoms with Gasteiger partial charge in [-0.3, -0.25) is 0 Å². The monoisotopic (exact) mass is 210 g/mol. The molecule has 0 aliphatic heterocycles. The Morgan fingerprint density at radius 3 is 2.33 bits per heavy atom. The first-order valence-electron chi connectivity index (χ1n) is 4.15. The van der Waals surface area contributed by atoms with Crippen molar-refractivity contribution >= 4 is 21.6 Å². The van der Waals surface area contributed by atoms with Gasteiger partial charge in [0.05, 0.1) is 6.61 Å². The van der Waals surface area contributed by atoms with Crippen molar-refractivity contribution in [1.29, 1.82) is 0 Å². The van der Waals surface area contributed by atoms with Crippen LogP contribution in [0.25, 0.3) is 0 Å². The Bertz CT molecular complexity index is 107. The molecule has 12 heavy (non-hydrogen) atoms. The lowest BCUT2D eigenvalue weighted by atomic mass is 10.2. The number of unbranched alkanes of at least 4 members (excludes halogenated alkanes) is 1. The Labute approximate surface area is 82.5 Å². The lowest BCUT2D eigenvalue weighted by molar-refractivity contribution is 0.265. The molecule has 2 nitrogen and oxygen atoms in total. The van der Waals surface area contributed by atoms with Gasteiger partial charge in [-0.2, -0.15) is 0 Å². The van der Waals surface area contributed by atoms with Gasteiger partial charge in [0, 0.05) is 17.1 Å². The number of rotatable bonds is 7. The molecule has 74 valence electrons. The van der Waals surface area contributed by atoms with Gasteiger partial charge in [-0.05, 0) is 26.7 Å². The van der Waals surface area contributed by atoms with Gasteiger partial charge in [0.15, 0.2) is 0 Å². The molecule has 0 bridgehead atoms. The van der Waals surface area contributed by atoms with Crippen LogP contribution in [0, 0.1) is 0 Å². The number of aliphatic hydroxyl groups excluding tert-OH is 2. The summed E-state index contributed by atoms with van der Waals surface area (Å²) in [7, 11) is 3.48. The normalized spacial score (nSPS) is 12.0. The molecule has 0 saturated heterocycles. The van der Waals surface area contributed by atoms with Crippen LogP contribution < -0.4 is 0 Å². The molecule has 2 N–H and O–H groups in total. The first kappa shape index (κ1) is 12.6. The van der Waals surface area contributed by atoms with E-state index in [1.54, 1.807) is 21.6 Å². The third-order valence-electron chi connectivity index (χ3n) is 1.30. The summed E-state index contributed by atoms with van der Waals surface area (Å²) in [5, 5.41) is 17.4. The van der Waals surface area contributed by atoms with Gasteiger partial charge in [-0.1, -0.05) is 21.6 Å². The van der Waals surface area contributed by atoms with Gasteiger partial charge in [0.2, 0.25) is 0 Å². The van der Waals surface area contributed by atoms with E-state index in [2.05, 4.69) is 0 Å². The summed E-state index contributed by atoms with van der Waals surface area (Å²) in [5.41, 5.74) is 0. The summed E-state index contributed by atoms with van der Waals surface area (Å²) in [6.45, 7) is 4.55. The molecule has 0 aliphatic rings. The highest BCUT2D eigenvalue weighted by atomic mass is 33.1. The van der Waals surface area contributed by atoms with Gasteiger partial charge in [0.25, 0.3) is 0 Å². The van der Waals surface area contributed by atoms with Crippen LogP contribution in [0.2, 0.25) is 0 Å². The van der Waals surface area contributed by atoms with Crippen LogP contribution in [-0.2, 0) is 0 Å². The fraction of sp³-hybridized carbons (Fsp3) is 1.00. The van der Waals surface area contributed by atoms with Crippen LogP contribution in [0.4, 0.5) is 0 Å². The van der Waals surface area contributed by atoms with Crippen LogP contribution >= 0.6 is 21.6 Å². The summed E-state index contributed by atoms with van der Waals surface area (Å²) in [6, 6.07) is 0. The number of hydrogen-bond acceptors (Lipinski definition) is 4. The molecule has 0 saturated carbocycles. The molecular formula is C8H18O2S2. The van der Waals surface area contributed by atoms with Crippen molar-refractivity contribution in [3.63, 3.8) is 0 Å². The molecule has 0 unspecified atom stereocenters. The van der Waals surface area contributed by atoms with Gasteiger partial charge in [0.1, 0.15) is 0 Å². The summed E-state index contributed by atoms with van der Waals surface area (Å²) in [4.78, 5) is 0. The Hall–Kier alpha value is 0.620. The van der Waals surface area contributed by atoms with Crippen molar-refractivity contribution in [1.82, 2.24) is 0 Å². The zero-order chi connectivity index (χ0) is 9.45. The maximum Gasteiger partial charge on any atom is 0.0581 e. The molecule has 0 rings (SSSR count). The highest BCUT2D eigenvalue weighted by Crippen LogP contribution is 2.35. The molecule has 4 heteroatoms. The van der Waals surface area contributed by atoms with Gasteiger partial charge in [-0.25, -0.2) is 0 Å². The van der Waals surface area contributed by atoms with E-state index < -0.39 is 0 Å². The fourth-order valence-corrected chi connectivity index (χ4v) is 3.00. The predicted octanol–water partition coefficient (Wildman–Crippen LogP) is 1.91. The van der Waals surface area contributed by atoms with Crippen LogP contribution in [-0.4, -0.2) is 33.9 Å². The largest absolute Gasteiger partial charge is 0.396 e. The van der Waals surface area contributed by atoms with Crippen molar-refractivity contribution in [2.24, 2.45) is 0 Å². The molecule has 0 heterocycles. The van der Waals surface area contributed by atoms with E-state index in [4.69, 9.17) is 10.2 Å². The SMILES string of the molecule is CC(C)(CO)SSCCCCO. The first-order valence-corrected chi connectivity index (χ1v) is 6.46. The van der Waals surface area contributed by atoms with Gasteiger partial charge < -0.3 is 10.2 Å². The molecule has 0 atom stereocenters. The first-order chi connectivity index (χ1) is 5.62. The average molecular weight is 210 g/mol. The Morgan fingerprint density at radius 1 is 1.17 bits per heavy atom. The van der Waals surface area contributed by atoms with Crippen molar-refractivity contribution in [3.8, 4) is 0 Å². The van der Waals surface area contributed by atoms with E-state index in [1.165, 1.54) is 0 Å². The highest BCUT2D eigenvalue weighted by Gasteiger charge is 2.16. The lowest BCUT2D eigenvalue weighted by Crippen LogP contribution is -2.18. The molecule has 0 aromatic heterocycles. The van der Waals surface area contributed by atoms with E-state index in [1.807, 2.05) is 13.8 Å². The topological polar surface area (TPSA) is 40.5 Å². The van der Waals surface area contributed by atoms with E-state index >= 15 is 0 Å². The van der Waals surface area contributed by atoms with E-state index in [0.717, 1.165) is 18.6 Å². The van der Waals surface area contributed by atoms with Crippen molar-refractivity contribution in [2.45, 2.75) is 31.4 Å². The Balaban J connectivity index is 3.19. The minimum absolute atomic E-state index is 0.0378. The van der Waals surface area contributed by atoms with Crippen LogP contribution in [0.3, 0.4) is 0 Å². The average Bonchev–Trinajstić information content (AvgIpc) is 2.04. The number of aliphatic hydroxyl groups is 2. The molecule has 0 fully saturated rings. The number of hydrogen-bond donors (Lipinski definition) is 2. The summed E-state index contributed by atoms with van der Waals surface area (Å²) >= 11 is 0. The summed E-state index contributed by atoms with van der Waals surface area (Å²) < 4.78 is -0.0378. The van der Waals surface area contributed by atoms with Gasteiger partial charge in [-0.15, -0.1) is 0 Å². The minimum Gasteiger partial charge on any atom is -0.396 e. The van der Waals surface area contributed by atoms with Crippen molar-refractivity contribution in [2.75, 3.05) is 19.0 Å². The molecule has 0 spiro atoms. The summed E-state index contributed by atoms with van der Waals surface area (Å²) in [5.74, 6) is 1.05. The van der Waals surface area contributed by atoms with Crippen molar-refractivity contribution in [3.05, 3.63) is 0 Å². The standard InChI is InChI=1S/C8H18O2S2/c1-8(2,7-10)12-11-6-4-3-5-9/h9-10H,3-7H2,1-2H3. The Kier molecular flexibility index (Phi) is 7.43. The molecule has 0 aliphatic carbocycles. The third-order valence-corrected chi connectivity index (χ3v) is 4.66. The Morgan fingerprint density at radius 2 is 1.83 bits per heavy atom. The zero-order valence-electron chi connectivity index (χ0n) is 7.75. The van der Waals surface area contributed by atoms with E-state index in [0.29, 0.717) is 0 Å². The van der Waals surface area contributed by atoms with Gasteiger partial charge >= 0.3 is 0 Å². The van der Waals surface area contributed by atoms with Crippen LogP contribution in [0.5, 0.6) is 0 Å². The second-order valence-corrected chi connectivity index (χ2v) is 6.38. The molecule has 0 aromatic rings. The quantitative estimate of drug-likeness (QED) is 0.497. The van der Waals surface area contributed by atoms with E-state index in [-0.39, 0.29) is 18.0 Å². The molecular weight excluding hydrogens is 192 g/mol. The fourth-order valence-electron chi connectivity index (χ4n) is 0.500. The van der Waals surface area contributed by atoms with E-state index in [9.17, 15) is 0 Å². The highest BCUT2D eigenvalue weighted by molar-refractivity contribution is 8.77. The maximum absolute atomic E-state index is 8.92. The second-order valence-electron chi connectivity index (χ2n) is 3.25. The van der Waals surface area contributed by atoms with Crippen molar-refractivity contribution < 1.29 is 10.2 Å². The second kappa shape index (κ2) is 7.06. The zero-order valence-corrected chi connectivity index (χ0v) is 9.38. The third kappa shape index (κ3) is 7.28. The van der Waals surface area contributed by atoms with Crippen LogP contribution in [0.15, 0.2) is 0 Å².